The minimum Gasteiger partial charge on any atom is -0.324 e. The predicted molar refractivity (Wildman–Crippen MR) is 51.3 cm³/mol. The first-order chi connectivity index (χ1) is 6.01. The molecule has 1 N–H and O–H groups in total. The van der Waals surface area contributed by atoms with Gasteiger partial charge in [-0.15, -0.1) is 0 Å². The van der Waals surface area contributed by atoms with Gasteiger partial charge in [0.15, 0.2) is 0 Å². The molecule has 0 fully saturated rings. The zero-order valence-corrected chi connectivity index (χ0v) is 7.59. The van der Waals surface area contributed by atoms with E-state index in [2.05, 4.69) is 10.3 Å². The number of hydrogen-bond donors (Lipinski definition) is 1. The van der Waals surface area contributed by atoms with E-state index in [1.165, 1.54) is 0 Å². The van der Waals surface area contributed by atoms with Gasteiger partial charge in [0.05, 0.1) is 16.8 Å². The maximum Gasteiger partial charge on any atom is 0.236 e. The highest BCUT2D eigenvalue weighted by Gasteiger charge is 2.39. The minimum atomic E-state index is -0.539. The number of pyridine rings is 1. The lowest BCUT2D eigenvalue weighted by Gasteiger charge is -2.13. The Bertz CT molecular complexity index is 387. The predicted octanol–water partition coefficient (Wildman–Crippen LogP) is 0.105. The van der Waals surface area contributed by atoms with Crippen molar-refractivity contribution in [1.29, 1.82) is 0 Å². The summed E-state index contributed by atoms with van der Waals surface area (Å²) in [6.07, 6.45) is 1.57. The Balaban J connectivity index is 2.62. The number of rotatable bonds is 0. The van der Waals surface area contributed by atoms with Gasteiger partial charge < -0.3 is 5.32 Å². The highest BCUT2D eigenvalue weighted by atomic mass is 16.2. The van der Waals surface area contributed by atoms with E-state index in [1.54, 1.807) is 12.3 Å². The fourth-order valence-electron chi connectivity index (χ4n) is 1.46. The Hall–Kier alpha value is -1.32. The lowest BCUT2D eigenvalue weighted by atomic mass is 9.89. The van der Waals surface area contributed by atoms with Crippen LogP contribution in [-0.4, -0.2) is 18.7 Å². The Morgan fingerprint density at radius 2 is 2.23 bits per heavy atom. The van der Waals surface area contributed by atoms with Gasteiger partial charge in [0.1, 0.15) is 7.85 Å². The molecular formula is C9H9BN2O. The van der Waals surface area contributed by atoms with Crippen LogP contribution in [0.5, 0.6) is 0 Å². The van der Waals surface area contributed by atoms with Gasteiger partial charge >= 0.3 is 0 Å². The van der Waals surface area contributed by atoms with E-state index in [4.69, 9.17) is 7.85 Å². The second-order valence-corrected chi connectivity index (χ2v) is 3.74. The largest absolute Gasteiger partial charge is 0.324 e. The summed E-state index contributed by atoms with van der Waals surface area (Å²) in [5.41, 5.74) is 1.53. The Morgan fingerprint density at radius 1 is 1.54 bits per heavy atom. The average molecular weight is 172 g/mol. The summed E-state index contributed by atoms with van der Waals surface area (Å²) in [6.45, 7) is 3.69. The lowest BCUT2D eigenvalue weighted by molar-refractivity contribution is -0.119. The molecule has 1 amide bonds. The van der Waals surface area contributed by atoms with Gasteiger partial charge in [0, 0.05) is 6.20 Å². The third kappa shape index (κ3) is 1.05. The molecule has 2 rings (SSSR count). The quantitative estimate of drug-likeness (QED) is 0.564. The van der Waals surface area contributed by atoms with Gasteiger partial charge in [-0.25, -0.2) is 0 Å². The van der Waals surface area contributed by atoms with Crippen LogP contribution in [0.2, 0.25) is 0 Å². The van der Waals surface area contributed by atoms with Crippen LogP contribution in [-0.2, 0) is 10.2 Å². The van der Waals surface area contributed by atoms with Crippen molar-refractivity contribution in [3.63, 3.8) is 0 Å². The molecule has 2 radical (unpaired) electrons. The molecule has 64 valence electrons. The van der Waals surface area contributed by atoms with Gasteiger partial charge in [-0.3, -0.25) is 9.78 Å². The zero-order valence-electron chi connectivity index (χ0n) is 7.59. The van der Waals surface area contributed by atoms with E-state index < -0.39 is 5.41 Å². The average Bonchev–Trinajstić information content (AvgIpc) is 2.23. The van der Waals surface area contributed by atoms with E-state index in [-0.39, 0.29) is 5.91 Å². The van der Waals surface area contributed by atoms with Gasteiger partial charge in [-0.05, 0) is 19.9 Å². The van der Waals surface area contributed by atoms with Crippen molar-refractivity contribution >= 4 is 24.9 Å². The van der Waals surface area contributed by atoms with E-state index in [1.807, 2.05) is 13.8 Å². The monoisotopic (exact) mass is 172 g/mol. The van der Waals surface area contributed by atoms with Crippen LogP contribution in [0, 0.1) is 0 Å². The molecule has 0 spiro atoms. The van der Waals surface area contributed by atoms with Crippen LogP contribution < -0.4 is 10.8 Å². The normalized spacial score (nSPS) is 18.2. The summed E-state index contributed by atoms with van der Waals surface area (Å²) in [5, 5.41) is 2.75. The Morgan fingerprint density at radius 3 is 2.92 bits per heavy atom. The number of nitrogens with zero attached hydrogens (tertiary/aromatic N) is 1. The van der Waals surface area contributed by atoms with E-state index in [0.29, 0.717) is 5.46 Å². The molecule has 0 aromatic carbocycles. The Kier molecular flexibility index (Phi) is 1.49. The van der Waals surface area contributed by atoms with Gasteiger partial charge in [-0.2, -0.15) is 0 Å². The first kappa shape index (κ1) is 8.29. The highest BCUT2D eigenvalue weighted by molar-refractivity contribution is 6.32. The van der Waals surface area contributed by atoms with E-state index in [0.717, 1.165) is 11.4 Å². The maximum atomic E-state index is 11.5. The first-order valence-electron chi connectivity index (χ1n) is 4.09. The summed E-state index contributed by atoms with van der Waals surface area (Å²) >= 11 is 0. The number of fused-ring (bicyclic) bond motifs is 1. The molecule has 1 aliphatic rings. The second-order valence-electron chi connectivity index (χ2n) is 3.74. The molecule has 0 saturated heterocycles. The first-order valence-corrected chi connectivity index (χ1v) is 4.09. The standard InChI is InChI=1S/C9H9BN2O/c1-9(2)7-6(12-8(9)13)3-5(10)4-11-7/h3-4H,1-2H3,(H,12,13). The van der Waals surface area contributed by atoms with Crippen molar-refractivity contribution in [2.75, 3.05) is 5.32 Å². The van der Waals surface area contributed by atoms with Crippen molar-refractivity contribution in [3.05, 3.63) is 18.0 Å². The van der Waals surface area contributed by atoms with Crippen LogP contribution in [0.4, 0.5) is 5.69 Å². The molecule has 0 unspecified atom stereocenters. The maximum absolute atomic E-state index is 11.5. The molecule has 1 aromatic heterocycles. The van der Waals surface area contributed by atoms with Gasteiger partial charge in [0.2, 0.25) is 5.91 Å². The van der Waals surface area contributed by atoms with E-state index in [9.17, 15) is 4.79 Å². The molecule has 4 heteroatoms. The van der Waals surface area contributed by atoms with Gasteiger partial charge in [-0.1, -0.05) is 5.46 Å². The molecule has 0 aliphatic carbocycles. The van der Waals surface area contributed by atoms with Crippen LogP contribution in [0.25, 0.3) is 0 Å². The topological polar surface area (TPSA) is 42.0 Å². The third-order valence-electron chi connectivity index (χ3n) is 2.32. The zero-order chi connectivity index (χ0) is 9.64. The summed E-state index contributed by atoms with van der Waals surface area (Å²) in [6, 6.07) is 1.73. The van der Waals surface area contributed by atoms with Crippen molar-refractivity contribution in [1.82, 2.24) is 4.98 Å². The summed E-state index contributed by atoms with van der Waals surface area (Å²) in [7, 11) is 5.55. The molecule has 13 heavy (non-hydrogen) atoms. The number of anilines is 1. The molecule has 1 aromatic rings. The molecular weight excluding hydrogens is 163 g/mol. The fraction of sp³-hybridized carbons (Fsp3) is 0.333. The van der Waals surface area contributed by atoms with Crippen molar-refractivity contribution in [2.24, 2.45) is 0 Å². The third-order valence-corrected chi connectivity index (χ3v) is 2.32. The van der Waals surface area contributed by atoms with E-state index >= 15 is 0 Å². The molecule has 2 heterocycles. The summed E-state index contributed by atoms with van der Waals surface area (Å²) < 4.78 is 0. The van der Waals surface area contributed by atoms with Crippen LogP contribution in [0.15, 0.2) is 12.3 Å². The number of carbonyl (C=O) groups is 1. The number of amides is 1. The van der Waals surface area contributed by atoms with Crippen molar-refractivity contribution < 1.29 is 4.79 Å². The number of hydrogen-bond acceptors (Lipinski definition) is 2. The minimum absolute atomic E-state index is 0.0272. The molecule has 0 saturated carbocycles. The smallest absolute Gasteiger partial charge is 0.236 e. The Labute approximate surface area is 78.0 Å². The van der Waals surface area contributed by atoms with Crippen LogP contribution in [0.1, 0.15) is 19.5 Å². The SMILES string of the molecule is [B]c1cnc2c(c1)NC(=O)C2(C)C. The van der Waals surface area contributed by atoms with Crippen LogP contribution in [0.3, 0.4) is 0 Å². The molecule has 0 bridgehead atoms. The van der Waals surface area contributed by atoms with Gasteiger partial charge in [0.25, 0.3) is 0 Å². The number of carbonyl (C=O) groups excluding carboxylic acids is 1. The molecule has 1 aliphatic heterocycles. The highest BCUT2D eigenvalue weighted by Crippen LogP contribution is 2.34. The molecule has 3 nitrogen and oxygen atoms in total. The summed E-state index contributed by atoms with van der Waals surface area (Å²) in [4.78, 5) is 15.6. The lowest BCUT2D eigenvalue weighted by Crippen LogP contribution is -2.27. The number of aromatic nitrogens is 1. The van der Waals surface area contributed by atoms with Crippen molar-refractivity contribution in [2.45, 2.75) is 19.3 Å². The van der Waals surface area contributed by atoms with Crippen LogP contribution >= 0.6 is 0 Å². The fourth-order valence-corrected chi connectivity index (χ4v) is 1.46. The number of nitrogens with one attached hydrogen (secondary N) is 1. The summed E-state index contributed by atoms with van der Waals surface area (Å²) in [5.74, 6) is -0.0272. The second kappa shape index (κ2) is 2.34. The van der Waals surface area contributed by atoms with Crippen molar-refractivity contribution in [3.8, 4) is 0 Å². The molecule has 0 atom stereocenters.